The molecule has 2 aromatic rings. The van der Waals surface area contributed by atoms with Gasteiger partial charge >= 0.3 is 6.03 Å². The lowest BCUT2D eigenvalue weighted by Crippen LogP contribution is -2.27. The average molecular weight is 323 g/mol. The summed E-state index contributed by atoms with van der Waals surface area (Å²) in [4.78, 5) is 25.4. The molecule has 1 aliphatic rings. The summed E-state index contributed by atoms with van der Waals surface area (Å²) in [5.74, 6) is -0.0110. The number of carbonyl (C=O) groups is 2. The SMILES string of the molecule is Cc1cccc(CCC(=O)Nc2ccc(N3CCNC3=O)cc2)c1. The zero-order valence-corrected chi connectivity index (χ0v) is 13.7. The summed E-state index contributed by atoms with van der Waals surface area (Å²) in [7, 11) is 0. The number of anilines is 2. The fourth-order valence-electron chi connectivity index (χ4n) is 2.79. The number of rotatable bonds is 5. The Morgan fingerprint density at radius 2 is 2.00 bits per heavy atom. The van der Waals surface area contributed by atoms with E-state index in [1.807, 2.05) is 49.4 Å². The number of hydrogen-bond donors (Lipinski definition) is 2. The van der Waals surface area contributed by atoms with Crippen molar-refractivity contribution < 1.29 is 9.59 Å². The van der Waals surface area contributed by atoms with Gasteiger partial charge in [-0.1, -0.05) is 29.8 Å². The third-order valence-electron chi connectivity index (χ3n) is 4.04. The molecular weight excluding hydrogens is 302 g/mol. The molecule has 2 N–H and O–H groups in total. The second-order valence-electron chi connectivity index (χ2n) is 5.97. The van der Waals surface area contributed by atoms with Crippen LogP contribution in [0.5, 0.6) is 0 Å². The molecule has 1 heterocycles. The minimum Gasteiger partial charge on any atom is -0.336 e. The molecule has 5 heteroatoms. The molecule has 0 bridgehead atoms. The van der Waals surface area contributed by atoms with Gasteiger partial charge in [-0.3, -0.25) is 9.69 Å². The van der Waals surface area contributed by atoms with Crippen LogP contribution >= 0.6 is 0 Å². The van der Waals surface area contributed by atoms with E-state index in [1.54, 1.807) is 4.90 Å². The Morgan fingerprint density at radius 3 is 2.67 bits per heavy atom. The van der Waals surface area contributed by atoms with Crippen LogP contribution in [0, 0.1) is 6.92 Å². The first-order chi connectivity index (χ1) is 11.6. The molecule has 0 aliphatic carbocycles. The number of amides is 3. The molecule has 24 heavy (non-hydrogen) atoms. The quantitative estimate of drug-likeness (QED) is 0.888. The molecule has 1 saturated heterocycles. The molecule has 0 radical (unpaired) electrons. The number of nitrogens with zero attached hydrogens (tertiary/aromatic N) is 1. The summed E-state index contributed by atoms with van der Waals surface area (Å²) in [6, 6.07) is 15.5. The third kappa shape index (κ3) is 3.93. The highest BCUT2D eigenvalue weighted by Crippen LogP contribution is 2.19. The van der Waals surface area contributed by atoms with Crippen molar-refractivity contribution in [3.63, 3.8) is 0 Å². The van der Waals surface area contributed by atoms with E-state index < -0.39 is 0 Å². The second kappa shape index (κ2) is 7.17. The number of aryl methyl sites for hydroxylation is 2. The van der Waals surface area contributed by atoms with Gasteiger partial charge in [0.1, 0.15) is 0 Å². The van der Waals surface area contributed by atoms with Crippen molar-refractivity contribution in [2.45, 2.75) is 19.8 Å². The molecule has 3 amide bonds. The molecule has 2 aromatic carbocycles. The van der Waals surface area contributed by atoms with Crippen LogP contribution < -0.4 is 15.5 Å². The van der Waals surface area contributed by atoms with Gasteiger partial charge in [-0.2, -0.15) is 0 Å². The van der Waals surface area contributed by atoms with Crippen molar-refractivity contribution >= 4 is 23.3 Å². The Morgan fingerprint density at radius 1 is 1.21 bits per heavy atom. The van der Waals surface area contributed by atoms with Crippen LogP contribution in [0.3, 0.4) is 0 Å². The standard InChI is InChI=1S/C19H21N3O2/c1-14-3-2-4-15(13-14)5-10-18(23)21-16-6-8-17(9-7-16)22-12-11-20-19(22)24/h2-4,6-9,13H,5,10-12H2,1H3,(H,20,24)(H,21,23). The highest BCUT2D eigenvalue weighted by Gasteiger charge is 2.20. The molecule has 3 rings (SSSR count). The Kier molecular flexibility index (Phi) is 4.79. The molecule has 0 spiro atoms. The van der Waals surface area contributed by atoms with Crippen LogP contribution in [0.1, 0.15) is 17.5 Å². The Balaban J connectivity index is 1.53. The zero-order chi connectivity index (χ0) is 16.9. The highest BCUT2D eigenvalue weighted by atomic mass is 16.2. The molecule has 0 saturated carbocycles. The van der Waals surface area contributed by atoms with Crippen molar-refractivity contribution in [1.82, 2.24) is 5.32 Å². The van der Waals surface area contributed by atoms with Crippen molar-refractivity contribution in [3.8, 4) is 0 Å². The van der Waals surface area contributed by atoms with Gasteiger partial charge in [-0.05, 0) is 43.2 Å². The fourth-order valence-corrected chi connectivity index (χ4v) is 2.79. The first-order valence-electron chi connectivity index (χ1n) is 8.13. The highest BCUT2D eigenvalue weighted by molar-refractivity contribution is 5.95. The predicted molar refractivity (Wildman–Crippen MR) is 95.3 cm³/mol. The van der Waals surface area contributed by atoms with E-state index in [4.69, 9.17) is 0 Å². The van der Waals surface area contributed by atoms with Crippen LogP contribution in [0.25, 0.3) is 0 Å². The van der Waals surface area contributed by atoms with Crippen molar-refractivity contribution in [1.29, 1.82) is 0 Å². The summed E-state index contributed by atoms with van der Waals surface area (Å²) in [5, 5.41) is 5.67. The van der Waals surface area contributed by atoms with Crippen molar-refractivity contribution in [2.75, 3.05) is 23.3 Å². The van der Waals surface area contributed by atoms with Gasteiger partial charge in [0, 0.05) is 30.9 Å². The maximum Gasteiger partial charge on any atom is 0.321 e. The first-order valence-corrected chi connectivity index (χ1v) is 8.13. The number of carbonyl (C=O) groups excluding carboxylic acids is 2. The van der Waals surface area contributed by atoms with Crippen LogP contribution in [0.15, 0.2) is 48.5 Å². The van der Waals surface area contributed by atoms with Crippen LogP contribution in [0.2, 0.25) is 0 Å². The van der Waals surface area contributed by atoms with Gasteiger partial charge in [0.15, 0.2) is 0 Å². The number of hydrogen-bond acceptors (Lipinski definition) is 2. The van der Waals surface area contributed by atoms with Crippen molar-refractivity contribution in [3.05, 3.63) is 59.7 Å². The van der Waals surface area contributed by atoms with E-state index in [9.17, 15) is 9.59 Å². The zero-order valence-electron chi connectivity index (χ0n) is 13.7. The monoisotopic (exact) mass is 323 g/mol. The second-order valence-corrected chi connectivity index (χ2v) is 5.97. The molecule has 1 fully saturated rings. The van der Waals surface area contributed by atoms with Crippen molar-refractivity contribution in [2.24, 2.45) is 0 Å². The van der Waals surface area contributed by atoms with E-state index in [-0.39, 0.29) is 11.9 Å². The predicted octanol–water partition coefficient (Wildman–Crippen LogP) is 3.10. The van der Waals surface area contributed by atoms with Gasteiger partial charge in [0.2, 0.25) is 5.91 Å². The van der Waals surface area contributed by atoms with Crippen LogP contribution in [-0.4, -0.2) is 25.0 Å². The maximum absolute atomic E-state index is 12.1. The molecule has 124 valence electrons. The molecule has 0 aromatic heterocycles. The van der Waals surface area contributed by atoms with Gasteiger partial charge < -0.3 is 10.6 Å². The average Bonchev–Trinajstić information content (AvgIpc) is 3.00. The van der Waals surface area contributed by atoms with E-state index in [0.717, 1.165) is 17.8 Å². The minimum atomic E-state index is -0.0788. The molecule has 0 atom stereocenters. The van der Waals surface area contributed by atoms with E-state index in [0.29, 0.717) is 19.5 Å². The van der Waals surface area contributed by atoms with Gasteiger partial charge in [0.05, 0.1) is 0 Å². The summed E-state index contributed by atoms with van der Waals surface area (Å²) in [5.41, 5.74) is 3.95. The van der Waals surface area contributed by atoms with Gasteiger partial charge in [0.25, 0.3) is 0 Å². The topological polar surface area (TPSA) is 61.4 Å². The summed E-state index contributed by atoms with van der Waals surface area (Å²) in [6.45, 7) is 3.38. The third-order valence-corrected chi connectivity index (χ3v) is 4.04. The fraction of sp³-hybridized carbons (Fsp3) is 0.263. The summed E-state index contributed by atoms with van der Waals surface area (Å²) >= 11 is 0. The minimum absolute atomic E-state index is 0.0110. The van der Waals surface area contributed by atoms with Crippen LogP contribution in [-0.2, 0) is 11.2 Å². The Labute approximate surface area is 141 Å². The molecule has 0 unspecified atom stereocenters. The van der Waals surface area contributed by atoms with Crippen LogP contribution in [0.4, 0.5) is 16.2 Å². The lowest BCUT2D eigenvalue weighted by molar-refractivity contribution is -0.116. The molecule has 5 nitrogen and oxygen atoms in total. The number of nitrogens with one attached hydrogen (secondary N) is 2. The smallest absolute Gasteiger partial charge is 0.321 e. The molecule has 1 aliphatic heterocycles. The Hall–Kier alpha value is -2.82. The van der Waals surface area contributed by atoms with E-state index >= 15 is 0 Å². The first kappa shape index (κ1) is 16.1. The van der Waals surface area contributed by atoms with Gasteiger partial charge in [-0.25, -0.2) is 4.79 Å². The summed E-state index contributed by atoms with van der Waals surface area (Å²) in [6.07, 6.45) is 1.17. The maximum atomic E-state index is 12.1. The number of urea groups is 1. The van der Waals surface area contributed by atoms with E-state index in [2.05, 4.69) is 16.7 Å². The van der Waals surface area contributed by atoms with E-state index in [1.165, 1.54) is 11.1 Å². The lowest BCUT2D eigenvalue weighted by atomic mass is 10.1. The lowest BCUT2D eigenvalue weighted by Gasteiger charge is -2.14. The molecular formula is C19H21N3O2. The van der Waals surface area contributed by atoms with Gasteiger partial charge in [-0.15, -0.1) is 0 Å². The summed E-state index contributed by atoms with van der Waals surface area (Å²) < 4.78 is 0. The normalized spacial score (nSPS) is 13.7. The Bertz CT molecular complexity index is 741. The number of benzene rings is 2. The largest absolute Gasteiger partial charge is 0.336 e.